The number of nitrogen functional groups attached to an aromatic ring is 1. The van der Waals surface area contributed by atoms with Crippen molar-refractivity contribution in [2.45, 2.75) is 16.7 Å². The highest BCUT2D eigenvalue weighted by atomic mass is 32.2. The lowest BCUT2D eigenvalue weighted by Gasteiger charge is -2.12. The van der Waals surface area contributed by atoms with Gasteiger partial charge in [-0.15, -0.1) is 4.33 Å². The fraction of sp³-hybridized carbons (Fsp3) is 0.0811. The van der Waals surface area contributed by atoms with Gasteiger partial charge in [0.15, 0.2) is 0 Å². The lowest BCUT2D eigenvalue weighted by Crippen LogP contribution is -2.10. The number of amides is 2. The summed E-state index contributed by atoms with van der Waals surface area (Å²) in [5.41, 5.74) is 20.1. The standard InChI is InChI=1S/C26H25N7O7S2.C11H13N7O/c1-15-3-4-17(22(13-15)42(36,37)38)6-5-16-7-12-20(14-21(16)41-40-39-35)30-26-32-24(28-2)31-25(33-26)29-19-10-8-18(9-11-19)23(27)34;1-14-10-16-9(13)17-11(18-10)15-7-4-2-6(3-5-7)8(12)19/h3-14,35H,1-2H3,(H2,27,34)(H,36,37,38)(H3,28,29,30,31,32,33);2-5H,1H3,(H2,12,19)(H4,13,14,15,16,17,18)/b6-5+;. The van der Waals surface area contributed by atoms with Crippen LogP contribution in [0.25, 0.3) is 12.2 Å². The Morgan fingerprint density at radius 3 is 1.61 bits per heavy atom. The van der Waals surface area contributed by atoms with Gasteiger partial charge in [-0.3, -0.25) is 14.1 Å². The summed E-state index contributed by atoms with van der Waals surface area (Å²) < 4.78 is 38.0. The third kappa shape index (κ3) is 13.0. The number of nitrogens with one attached hydrogen (secondary N) is 5. The van der Waals surface area contributed by atoms with Crippen molar-refractivity contribution in [3.05, 3.63) is 113 Å². The average molecular weight is 871 g/mol. The Balaban J connectivity index is 0.000000308. The predicted octanol–water partition coefficient (Wildman–Crippen LogP) is 4.99. The molecule has 4 aromatic carbocycles. The monoisotopic (exact) mass is 870 g/mol. The first kappa shape index (κ1) is 44.6. The Kier molecular flexibility index (Phi) is 15.0. The van der Waals surface area contributed by atoms with Gasteiger partial charge >= 0.3 is 0 Å². The summed E-state index contributed by atoms with van der Waals surface area (Å²) in [5.74, 6) is 0.419. The molecule has 6 aromatic rings. The van der Waals surface area contributed by atoms with Crippen molar-refractivity contribution >= 4 is 98.9 Å². The van der Waals surface area contributed by atoms with Crippen LogP contribution in [0.3, 0.4) is 0 Å². The predicted molar refractivity (Wildman–Crippen MR) is 230 cm³/mol. The summed E-state index contributed by atoms with van der Waals surface area (Å²) >= 11 is 0.693. The van der Waals surface area contributed by atoms with E-state index in [1.165, 1.54) is 12.1 Å². The van der Waals surface area contributed by atoms with Crippen molar-refractivity contribution in [1.82, 2.24) is 29.9 Å². The molecule has 2 amide bonds. The molecule has 0 spiro atoms. The molecule has 0 aliphatic carbocycles. The molecule has 0 aliphatic rings. The molecular weight excluding hydrogens is 833 g/mol. The van der Waals surface area contributed by atoms with E-state index in [2.05, 4.69) is 65.9 Å². The van der Waals surface area contributed by atoms with Crippen LogP contribution in [0, 0.1) is 6.92 Å². The van der Waals surface area contributed by atoms with Crippen LogP contribution in [0.15, 0.2) is 94.7 Å². The number of hydrogen-bond acceptors (Lipinski definition) is 20. The van der Waals surface area contributed by atoms with Gasteiger partial charge in [-0.2, -0.15) is 38.3 Å². The number of aromatic nitrogens is 6. The number of nitrogens with two attached hydrogens (primary N) is 3. The van der Waals surface area contributed by atoms with Crippen molar-refractivity contribution in [1.29, 1.82) is 0 Å². The van der Waals surface area contributed by atoms with Crippen LogP contribution in [0.1, 0.15) is 37.4 Å². The molecule has 316 valence electrons. The minimum atomic E-state index is -4.45. The number of nitrogens with zero attached hydrogens (tertiary/aromatic N) is 6. The van der Waals surface area contributed by atoms with Crippen LogP contribution in [-0.2, 0) is 19.5 Å². The molecule has 0 saturated carbocycles. The Morgan fingerprint density at radius 2 is 1.10 bits per heavy atom. The van der Waals surface area contributed by atoms with E-state index in [-0.39, 0.29) is 34.3 Å². The number of rotatable bonds is 16. The molecule has 61 heavy (non-hydrogen) atoms. The highest BCUT2D eigenvalue weighted by molar-refractivity contribution is 7.94. The van der Waals surface area contributed by atoms with Gasteiger partial charge in [0.25, 0.3) is 10.1 Å². The molecular formula is C37H38N14O8S2. The number of anilines is 9. The smallest absolute Gasteiger partial charge is 0.295 e. The molecule has 0 unspecified atom stereocenters. The van der Waals surface area contributed by atoms with Gasteiger partial charge in [0.1, 0.15) is 4.90 Å². The van der Waals surface area contributed by atoms with Gasteiger partial charge in [-0.1, -0.05) is 35.4 Å². The number of carbonyl (C=O) groups excluding carboxylic acids is 2. The van der Waals surface area contributed by atoms with Crippen LogP contribution in [-0.4, -0.2) is 74.0 Å². The van der Waals surface area contributed by atoms with Gasteiger partial charge in [0.05, 0.1) is 12.0 Å². The third-order valence-corrected chi connectivity index (χ3v) is 9.47. The fourth-order valence-corrected chi connectivity index (χ4v) is 6.32. The maximum atomic E-state index is 11.9. The van der Waals surface area contributed by atoms with E-state index >= 15 is 0 Å². The molecule has 24 heteroatoms. The maximum absolute atomic E-state index is 11.9. The molecule has 0 atom stereocenters. The van der Waals surface area contributed by atoms with Gasteiger partial charge in [-0.25, -0.2) is 5.26 Å². The molecule has 22 nitrogen and oxygen atoms in total. The Hall–Kier alpha value is -7.48. The largest absolute Gasteiger partial charge is 0.368 e. The number of aryl methyl sites for hydroxylation is 1. The third-order valence-electron chi connectivity index (χ3n) is 7.90. The number of carbonyl (C=O) groups is 2. The first-order valence-corrected chi connectivity index (χ1v) is 19.6. The molecule has 0 aliphatic heterocycles. The van der Waals surface area contributed by atoms with E-state index in [1.807, 2.05) is 0 Å². The van der Waals surface area contributed by atoms with Gasteiger partial charge in [0, 0.05) is 47.2 Å². The van der Waals surface area contributed by atoms with Crippen LogP contribution < -0.4 is 43.8 Å². The zero-order valence-electron chi connectivity index (χ0n) is 32.3. The molecule has 2 heterocycles. The van der Waals surface area contributed by atoms with E-state index in [1.54, 1.807) is 106 Å². The normalized spacial score (nSPS) is 11.0. The summed E-state index contributed by atoms with van der Waals surface area (Å²) in [6.07, 6.45) is 3.13. The second-order valence-corrected chi connectivity index (χ2v) is 14.4. The average Bonchev–Trinajstić information content (AvgIpc) is 3.22. The minimum Gasteiger partial charge on any atom is -0.368 e. The van der Waals surface area contributed by atoms with Crippen molar-refractivity contribution in [3.8, 4) is 0 Å². The fourth-order valence-electron chi connectivity index (χ4n) is 5.04. The van der Waals surface area contributed by atoms with E-state index in [0.717, 1.165) is 0 Å². The first-order chi connectivity index (χ1) is 29.1. The molecule has 0 radical (unpaired) electrons. The molecule has 0 fully saturated rings. The summed E-state index contributed by atoms with van der Waals surface area (Å²) in [6.45, 7) is 1.71. The van der Waals surface area contributed by atoms with Crippen LogP contribution >= 0.6 is 12.0 Å². The van der Waals surface area contributed by atoms with Gasteiger partial charge in [0.2, 0.25) is 47.5 Å². The second-order valence-electron chi connectivity index (χ2n) is 12.2. The van der Waals surface area contributed by atoms with Crippen LogP contribution in [0.2, 0.25) is 0 Å². The van der Waals surface area contributed by atoms with Crippen molar-refractivity contribution in [2.24, 2.45) is 11.5 Å². The van der Waals surface area contributed by atoms with Crippen molar-refractivity contribution < 1.29 is 37.2 Å². The van der Waals surface area contributed by atoms with Crippen molar-refractivity contribution in [3.63, 3.8) is 0 Å². The zero-order chi connectivity index (χ0) is 44.1. The van der Waals surface area contributed by atoms with E-state index in [9.17, 15) is 22.6 Å². The topological polar surface area (TPSA) is 343 Å². The molecule has 13 N–H and O–H groups in total. The minimum absolute atomic E-state index is 0.107. The summed E-state index contributed by atoms with van der Waals surface area (Å²) in [6, 6.07) is 22.8. The van der Waals surface area contributed by atoms with Crippen molar-refractivity contribution in [2.75, 3.05) is 46.4 Å². The molecule has 0 saturated heterocycles. The summed E-state index contributed by atoms with van der Waals surface area (Å²) in [4.78, 5) is 47.4. The molecule has 6 rings (SSSR count). The lowest BCUT2D eigenvalue weighted by atomic mass is 10.1. The molecule has 0 bridgehead atoms. The Morgan fingerprint density at radius 1 is 0.656 bits per heavy atom. The van der Waals surface area contributed by atoms with Crippen LogP contribution in [0.4, 0.5) is 52.8 Å². The second kappa shape index (κ2) is 20.5. The number of hydrogen-bond donors (Lipinski definition) is 10. The molecule has 2 aromatic heterocycles. The highest BCUT2D eigenvalue weighted by Gasteiger charge is 2.15. The summed E-state index contributed by atoms with van der Waals surface area (Å²) in [7, 11) is -1.13. The quantitative estimate of drug-likeness (QED) is 0.0201. The first-order valence-electron chi connectivity index (χ1n) is 17.4. The summed E-state index contributed by atoms with van der Waals surface area (Å²) in [5, 5.41) is 27.1. The number of benzene rings is 4. The Bertz CT molecular complexity index is 2660. The maximum Gasteiger partial charge on any atom is 0.295 e. The number of primary amides is 2. The van der Waals surface area contributed by atoms with E-state index in [4.69, 9.17) is 22.5 Å². The van der Waals surface area contributed by atoms with Gasteiger partial charge in [-0.05, 0) is 90.3 Å². The SMILES string of the molecule is CNc1nc(N)nc(Nc2ccc(C(N)=O)cc2)n1.CNc1nc(Nc2ccc(C(N)=O)cc2)nc(Nc2ccc(/C=C/c3ccc(C)cc3S(=O)(=O)O)c(SOOO)c2)n1. The highest BCUT2D eigenvalue weighted by Crippen LogP contribution is 2.31. The Labute approximate surface area is 352 Å². The lowest BCUT2D eigenvalue weighted by molar-refractivity contribution is -0.432. The van der Waals surface area contributed by atoms with E-state index in [0.29, 0.717) is 68.2 Å². The van der Waals surface area contributed by atoms with E-state index < -0.39 is 21.9 Å². The zero-order valence-corrected chi connectivity index (χ0v) is 33.9. The van der Waals surface area contributed by atoms with Crippen LogP contribution in [0.5, 0.6) is 0 Å². The van der Waals surface area contributed by atoms with Gasteiger partial charge < -0.3 is 43.8 Å².